The quantitative estimate of drug-likeness (QED) is 0.152. The van der Waals surface area contributed by atoms with Gasteiger partial charge in [-0.2, -0.15) is 11.8 Å². The summed E-state index contributed by atoms with van der Waals surface area (Å²) >= 11 is 1.91. The maximum atomic E-state index is 10.9. The van der Waals surface area contributed by atoms with E-state index in [0.29, 0.717) is 69.0 Å². The van der Waals surface area contributed by atoms with Gasteiger partial charge in [0.25, 0.3) is 0 Å². The van der Waals surface area contributed by atoms with E-state index in [1.807, 2.05) is 60.2 Å². The number of thioether (sulfide) groups is 1. The van der Waals surface area contributed by atoms with Gasteiger partial charge in [-0.15, -0.1) is 0 Å². The Bertz CT molecular complexity index is 2200. The van der Waals surface area contributed by atoms with Gasteiger partial charge in [0.1, 0.15) is 0 Å². The lowest BCUT2D eigenvalue weighted by molar-refractivity contribution is -0.141. The molecule has 0 atom stereocenters. The Morgan fingerprint density at radius 3 is 1.22 bits per heavy atom. The number of nitrogens with zero attached hydrogens (tertiary/aromatic N) is 1. The van der Waals surface area contributed by atoms with Gasteiger partial charge in [-0.1, -0.05) is 303 Å². The van der Waals surface area contributed by atoms with Crippen LogP contribution in [-0.4, -0.2) is 76.7 Å². The Morgan fingerprint density at radius 1 is 0.544 bits per heavy atom. The highest BCUT2D eigenvalue weighted by Gasteiger charge is 2.16. The van der Waals surface area contributed by atoms with E-state index < -0.39 is 0 Å². The minimum Gasteiger partial charge on any atom is -0.469 e. The molecule has 7 nitrogen and oxygen atoms in total. The van der Waals surface area contributed by atoms with Crippen LogP contribution in [0.4, 0.5) is 0 Å². The Labute approximate surface area is 567 Å². The highest BCUT2D eigenvalue weighted by atomic mass is 32.2. The molecule has 0 radical (unpaired) electrons. The number of hydrogen-bond donors (Lipinski definition) is 1. The number of benzene rings is 3. The van der Waals surface area contributed by atoms with Gasteiger partial charge in [-0.25, -0.2) is 0 Å². The third kappa shape index (κ3) is 92.8. The molecule has 90 heavy (non-hydrogen) atoms. The Morgan fingerprint density at radius 2 is 0.989 bits per heavy atom. The van der Waals surface area contributed by atoms with Crippen molar-refractivity contribution in [2.75, 3.05) is 54.0 Å². The second-order valence-corrected chi connectivity index (χ2v) is 35.7. The van der Waals surface area contributed by atoms with Gasteiger partial charge in [-0.05, 0) is 143 Å². The predicted molar refractivity (Wildman–Crippen MR) is 409 cm³/mol. The number of carbonyl (C=O) groups excluding carboxylic acids is 3. The Hall–Kier alpha value is -3.88. The second kappa shape index (κ2) is 51.5. The molecular formula is C82H154N2O5S. The maximum Gasteiger partial charge on any atom is 0.305 e. The van der Waals surface area contributed by atoms with Crippen LogP contribution in [0, 0.1) is 75.9 Å². The smallest absolute Gasteiger partial charge is 0.305 e. The summed E-state index contributed by atoms with van der Waals surface area (Å²) in [4.78, 5) is 33.6. The molecule has 0 unspecified atom stereocenters. The Balaban J connectivity index is -0.000000172. The molecule has 8 heteroatoms. The average molecular weight is 1280 g/mol. The normalized spacial score (nSPS) is 11.4. The molecule has 1 N–H and O–H groups in total. The molecule has 3 rings (SSSR count). The summed E-state index contributed by atoms with van der Waals surface area (Å²) in [5, 5.41) is 2.58. The zero-order valence-electron chi connectivity index (χ0n) is 67.2. The summed E-state index contributed by atoms with van der Waals surface area (Å²) < 4.78 is 9.33. The van der Waals surface area contributed by atoms with Crippen molar-refractivity contribution in [2.45, 2.75) is 280 Å². The number of allylic oxidation sites excluding steroid dienone is 2. The number of rotatable bonds is 11. The van der Waals surface area contributed by atoms with Crippen LogP contribution < -0.4 is 5.32 Å². The predicted octanol–water partition coefficient (Wildman–Crippen LogP) is 23.8. The molecule has 2 amide bonds. The molecule has 0 aliphatic carbocycles. The van der Waals surface area contributed by atoms with E-state index in [1.165, 1.54) is 65.5 Å². The molecule has 0 fully saturated rings. The van der Waals surface area contributed by atoms with E-state index in [9.17, 15) is 14.4 Å². The second-order valence-electron chi connectivity index (χ2n) is 34.8. The molecule has 0 saturated carbocycles. The number of methoxy groups -OCH3 is 2. The van der Waals surface area contributed by atoms with Gasteiger partial charge in [0, 0.05) is 47.5 Å². The van der Waals surface area contributed by atoms with E-state index in [0.717, 1.165) is 19.4 Å². The first kappa shape index (κ1) is 99.7. The standard InChI is InChI=1S/3C12H18.C8H16.2C7H15NO.C6H12O2.C6H14O.C6H14S.C6H14/c1-10-5-7-11(8-6-10)9-12(2,3)4;1-10-6-5-7-11(8-10)9-12(2,3)4;1-10-7-5-6-8-11(10)9-12(2,3)4;1-5-6-7-8(2,3)4;1-7(2,3)5-6(9)8-4;1-6(2)5-7(9)8(3)4;1-5(2)4-6(7)8-3;2*1-6(2,3)5-7-4;1-5-6(2,3)4/h3*5-8H,9H2,1-4H3;5-6H,7H2,1-4H3;5H2,1-4H3,(H,8,9);6H,5H2,1-4H3;5H,4H2,1-3H3;2*5H2,1-4H3;5H2,1-4H3/b;;;6-5+;;;;;;. The summed E-state index contributed by atoms with van der Waals surface area (Å²) in [6, 6.07) is 26.2. The van der Waals surface area contributed by atoms with Crippen LogP contribution in [-0.2, 0) is 43.1 Å². The van der Waals surface area contributed by atoms with E-state index in [4.69, 9.17) is 4.74 Å². The third-order valence-corrected chi connectivity index (χ3v) is 12.8. The first-order valence-corrected chi connectivity index (χ1v) is 35.0. The van der Waals surface area contributed by atoms with E-state index >= 15 is 0 Å². The van der Waals surface area contributed by atoms with E-state index in [2.05, 4.69) is 281 Å². The number of esters is 1. The van der Waals surface area contributed by atoms with Crippen molar-refractivity contribution in [1.82, 2.24) is 10.2 Å². The molecular weight excluding hydrogens is 1120 g/mol. The van der Waals surface area contributed by atoms with Crippen LogP contribution >= 0.6 is 11.8 Å². The minimum atomic E-state index is -0.125. The van der Waals surface area contributed by atoms with Gasteiger partial charge < -0.3 is 19.7 Å². The van der Waals surface area contributed by atoms with Crippen molar-refractivity contribution in [3.05, 3.63) is 118 Å². The summed E-state index contributed by atoms with van der Waals surface area (Å²) in [6.07, 6.45) is 14.2. The van der Waals surface area contributed by atoms with E-state index in [1.54, 1.807) is 33.2 Å². The number of hydrogen-bond acceptors (Lipinski definition) is 6. The topological polar surface area (TPSA) is 84.9 Å². The lowest BCUT2D eigenvalue weighted by atomic mass is 9.86. The molecule has 0 bridgehead atoms. The number of amides is 2. The van der Waals surface area contributed by atoms with Crippen LogP contribution in [0.5, 0.6) is 0 Å². The number of carbonyl (C=O) groups is 3. The fraction of sp³-hybridized carbons (Fsp3) is 0.720. The maximum absolute atomic E-state index is 10.9. The zero-order valence-corrected chi connectivity index (χ0v) is 68.0. The molecule has 3 aromatic carbocycles. The molecule has 528 valence electrons. The first-order chi connectivity index (χ1) is 40.3. The largest absolute Gasteiger partial charge is 0.469 e. The molecule has 0 aliphatic heterocycles. The highest BCUT2D eigenvalue weighted by molar-refractivity contribution is 7.98. The number of ether oxygens (including phenoxy) is 2. The zero-order chi connectivity index (χ0) is 72.7. The SMILES string of the molecule is C/C=C/CC(C)(C)C.CC(C)CC(=O)N(C)C.CCC(C)(C)C.CNC(=O)CC(C)(C)C.COC(=O)CC(C)C.COCC(C)(C)C.CSCC(C)(C)C.Cc1ccc(CC(C)(C)C)cc1.Cc1cccc(CC(C)(C)C)c1.Cc1ccccc1CC(C)(C)C. The molecule has 0 heterocycles. The molecule has 0 spiro atoms. The highest BCUT2D eigenvalue weighted by Crippen LogP contribution is 2.25. The molecule has 0 saturated heterocycles. The summed E-state index contributed by atoms with van der Waals surface area (Å²) in [7, 11) is 8.36. The van der Waals surface area contributed by atoms with Crippen LogP contribution in [0.2, 0.25) is 0 Å². The lowest BCUT2D eigenvalue weighted by Gasteiger charge is -2.19. The fourth-order valence-electron chi connectivity index (χ4n) is 6.99. The van der Waals surface area contributed by atoms with Crippen molar-refractivity contribution in [3.8, 4) is 0 Å². The lowest BCUT2D eigenvalue weighted by Crippen LogP contribution is -2.23. The van der Waals surface area contributed by atoms with Crippen LogP contribution in [0.15, 0.2) is 84.9 Å². The van der Waals surface area contributed by atoms with Gasteiger partial charge in [-0.3, -0.25) is 14.4 Å². The van der Waals surface area contributed by atoms with Crippen LogP contribution in [0.3, 0.4) is 0 Å². The summed E-state index contributed by atoms with van der Waals surface area (Å²) in [5.74, 6) is 2.34. The summed E-state index contributed by atoms with van der Waals surface area (Å²) in [5.41, 5.74) is 11.6. The van der Waals surface area contributed by atoms with Crippen LogP contribution in [0.1, 0.15) is 273 Å². The first-order valence-electron chi connectivity index (χ1n) is 33.6. The summed E-state index contributed by atoms with van der Waals surface area (Å²) in [6.45, 7) is 72.9. The van der Waals surface area contributed by atoms with Crippen molar-refractivity contribution in [1.29, 1.82) is 0 Å². The van der Waals surface area contributed by atoms with Gasteiger partial charge in [0.05, 0.1) is 13.7 Å². The van der Waals surface area contributed by atoms with Gasteiger partial charge >= 0.3 is 5.97 Å². The van der Waals surface area contributed by atoms with Crippen LogP contribution in [0.25, 0.3) is 0 Å². The van der Waals surface area contributed by atoms with Gasteiger partial charge in [0.15, 0.2) is 0 Å². The van der Waals surface area contributed by atoms with Crippen molar-refractivity contribution < 1.29 is 23.9 Å². The minimum absolute atomic E-state index is 0.111. The third-order valence-electron chi connectivity index (χ3n) is 11.7. The average Bonchev–Trinajstić information content (AvgIpc) is 2.23. The molecule has 0 aliphatic rings. The van der Waals surface area contributed by atoms with Crippen molar-refractivity contribution in [2.24, 2.45) is 55.2 Å². The number of aryl methyl sites for hydroxylation is 3. The van der Waals surface area contributed by atoms with E-state index in [-0.39, 0.29) is 23.2 Å². The van der Waals surface area contributed by atoms with Crippen molar-refractivity contribution >= 4 is 29.5 Å². The number of nitrogens with one attached hydrogen (secondary N) is 1. The monoisotopic (exact) mass is 1280 g/mol. The fourth-order valence-corrected chi connectivity index (χ4v) is 7.85. The molecule has 0 aromatic heterocycles. The van der Waals surface area contributed by atoms with Crippen molar-refractivity contribution in [3.63, 3.8) is 0 Å². The molecule has 3 aromatic rings. The van der Waals surface area contributed by atoms with Gasteiger partial charge in [0.2, 0.25) is 11.8 Å². The Kier molecular flexibility index (Phi) is 57.1.